The second kappa shape index (κ2) is 5.80. The number of ether oxygens (including phenoxy) is 1. The molecule has 0 aliphatic heterocycles. The zero-order valence-corrected chi connectivity index (χ0v) is 8.45. The first-order chi connectivity index (χ1) is 7.29. The molecule has 79 valence electrons. The summed E-state index contributed by atoms with van der Waals surface area (Å²) in [6.45, 7) is 2.12. The van der Waals surface area contributed by atoms with Gasteiger partial charge in [0.1, 0.15) is 0 Å². The van der Waals surface area contributed by atoms with Crippen LogP contribution in [0, 0.1) is 0 Å². The molecule has 0 aliphatic rings. The highest BCUT2D eigenvalue weighted by Gasteiger charge is 2.10. The van der Waals surface area contributed by atoms with Gasteiger partial charge in [-0.2, -0.15) is 0 Å². The Labute approximate surface area is 88.2 Å². The molecule has 15 heavy (non-hydrogen) atoms. The van der Waals surface area contributed by atoms with Gasteiger partial charge in [0.25, 0.3) is 0 Å². The SMILES string of the molecule is CCOC(=O)c1ccccc1NC[C]=O. The van der Waals surface area contributed by atoms with Gasteiger partial charge in [0.05, 0.1) is 18.7 Å². The van der Waals surface area contributed by atoms with Gasteiger partial charge in [-0.15, -0.1) is 0 Å². The number of anilines is 1. The van der Waals surface area contributed by atoms with Gasteiger partial charge in [0.15, 0.2) is 0 Å². The van der Waals surface area contributed by atoms with Crippen LogP contribution in [0.25, 0.3) is 0 Å². The molecule has 4 heteroatoms. The van der Waals surface area contributed by atoms with Crippen LogP contribution in [0.1, 0.15) is 17.3 Å². The van der Waals surface area contributed by atoms with Crippen LogP contribution >= 0.6 is 0 Å². The molecular formula is C11H12NO3. The minimum absolute atomic E-state index is 0.0520. The molecule has 0 saturated carbocycles. The van der Waals surface area contributed by atoms with Crippen molar-refractivity contribution in [3.8, 4) is 0 Å². The third-order valence-electron chi connectivity index (χ3n) is 1.77. The first-order valence-electron chi connectivity index (χ1n) is 4.64. The van der Waals surface area contributed by atoms with E-state index in [2.05, 4.69) is 5.32 Å². The molecule has 0 atom stereocenters. The van der Waals surface area contributed by atoms with Gasteiger partial charge in [0.2, 0.25) is 6.29 Å². The van der Waals surface area contributed by atoms with Gasteiger partial charge in [-0.1, -0.05) is 12.1 Å². The van der Waals surface area contributed by atoms with Gasteiger partial charge in [-0.25, -0.2) is 4.79 Å². The van der Waals surface area contributed by atoms with Crippen LogP contribution < -0.4 is 5.32 Å². The average molecular weight is 206 g/mol. The zero-order chi connectivity index (χ0) is 11.1. The Balaban J connectivity index is 2.85. The molecule has 1 aromatic rings. The quantitative estimate of drug-likeness (QED) is 0.739. The van der Waals surface area contributed by atoms with Crippen LogP contribution in [0.15, 0.2) is 24.3 Å². The Morgan fingerprint density at radius 1 is 1.47 bits per heavy atom. The van der Waals surface area contributed by atoms with Crippen molar-refractivity contribution in [3.05, 3.63) is 29.8 Å². The Morgan fingerprint density at radius 2 is 2.20 bits per heavy atom. The standard InChI is InChI=1S/C11H12NO3/c1-2-15-11(14)9-5-3-4-6-10(9)12-7-8-13/h3-6,12H,2,7H2,1H3. The van der Waals surface area contributed by atoms with Gasteiger partial charge in [-0.05, 0) is 19.1 Å². The van der Waals surface area contributed by atoms with Crippen molar-refractivity contribution in [2.75, 3.05) is 18.5 Å². The second-order valence-electron chi connectivity index (χ2n) is 2.76. The molecule has 1 radical (unpaired) electrons. The van der Waals surface area contributed by atoms with Crippen LogP contribution in [-0.2, 0) is 9.53 Å². The lowest BCUT2D eigenvalue weighted by Gasteiger charge is -2.08. The number of benzene rings is 1. The molecule has 0 aliphatic carbocycles. The van der Waals surface area contributed by atoms with Gasteiger partial charge in [0, 0.05) is 5.69 Å². The Hall–Kier alpha value is -1.84. The van der Waals surface area contributed by atoms with Crippen molar-refractivity contribution in [2.24, 2.45) is 0 Å². The van der Waals surface area contributed by atoms with Crippen LogP contribution in [0.3, 0.4) is 0 Å². The molecule has 0 heterocycles. The Morgan fingerprint density at radius 3 is 2.87 bits per heavy atom. The number of hydrogen-bond donors (Lipinski definition) is 1. The third-order valence-corrected chi connectivity index (χ3v) is 1.77. The fourth-order valence-electron chi connectivity index (χ4n) is 1.16. The van der Waals surface area contributed by atoms with Gasteiger partial charge >= 0.3 is 5.97 Å². The van der Waals surface area contributed by atoms with Crippen LogP contribution in [-0.4, -0.2) is 25.4 Å². The summed E-state index contributed by atoms with van der Waals surface area (Å²) in [6, 6.07) is 6.87. The third kappa shape index (κ3) is 3.09. The average Bonchev–Trinajstić information content (AvgIpc) is 2.27. The molecule has 0 saturated heterocycles. The summed E-state index contributed by atoms with van der Waals surface area (Å²) in [7, 11) is 0. The molecule has 1 rings (SSSR count). The van der Waals surface area contributed by atoms with Crippen molar-refractivity contribution < 1.29 is 14.3 Å². The second-order valence-corrected chi connectivity index (χ2v) is 2.76. The highest BCUT2D eigenvalue weighted by molar-refractivity contribution is 5.95. The van der Waals surface area contributed by atoms with E-state index in [9.17, 15) is 9.59 Å². The summed E-state index contributed by atoms with van der Waals surface area (Å²) in [5, 5.41) is 2.78. The lowest BCUT2D eigenvalue weighted by molar-refractivity contribution is 0.0527. The number of esters is 1. The fourth-order valence-corrected chi connectivity index (χ4v) is 1.16. The number of para-hydroxylation sites is 1. The zero-order valence-electron chi connectivity index (χ0n) is 8.45. The van der Waals surface area contributed by atoms with E-state index in [0.717, 1.165) is 0 Å². The first-order valence-corrected chi connectivity index (χ1v) is 4.64. The molecule has 4 nitrogen and oxygen atoms in total. The van der Waals surface area contributed by atoms with E-state index >= 15 is 0 Å². The highest BCUT2D eigenvalue weighted by Crippen LogP contribution is 2.15. The molecular weight excluding hydrogens is 194 g/mol. The molecule has 0 fully saturated rings. The minimum atomic E-state index is -0.397. The van der Waals surface area contributed by atoms with Crippen LogP contribution in [0.5, 0.6) is 0 Å². The van der Waals surface area contributed by atoms with Crippen molar-refractivity contribution in [1.82, 2.24) is 0 Å². The Kier molecular flexibility index (Phi) is 4.34. The first kappa shape index (κ1) is 11.2. The smallest absolute Gasteiger partial charge is 0.340 e. The summed E-state index contributed by atoms with van der Waals surface area (Å²) in [6.07, 6.45) is 1.70. The number of carbonyl (C=O) groups is 1. The highest BCUT2D eigenvalue weighted by atomic mass is 16.5. The molecule has 0 aromatic heterocycles. The Bertz CT molecular complexity index is 349. The molecule has 1 N–H and O–H groups in total. The van der Waals surface area contributed by atoms with E-state index in [1.54, 1.807) is 37.5 Å². The van der Waals surface area contributed by atoms with Crippen LogP contribution in [0.2, 0.25) is 0 Å². The fraction of sp³-hybridized carbons (Fsp3) is 0.273. The minimum Gasteiger partial charge on any atom is -0.462 e. The molecule has 0 spiro atoms. The largest absolute Gasteiger partial charge is 0.462 e. The number of hydrogen-bond acceptors (Lipinski definition) is 4. The van der Waals surface area contributed by atoms with Crippen molar-refractivity contribution in [2.45, 2.75) is 6.92 Å². The van der Waals surface area contributed by atoms with E-state index < -0.39 is 5.97 Å². The normalized spacial score (nSPS) is 9.40. The van der Waals surface area contributed by atoms with E-state index in [0.29, 0.717) is 17.9 Å². The maximum Gasteiger partial charge on any atom is 0.340 e. The number of rotatable bonds is 5. The number of carbonyl (C=O) groups excluding carboxylic acids is 2. The lowest BCUT2D eigenvalue weighted by Crippen LogP contribution is -2.10. The van der Waals surface area contributed by atoms with Gasteiger partial charge < -0.3 is 10.1 Å². The molecule has 0 bridgehead atoms. The molecule has 0 unspecified atom stereocenters. The molecule has 0 amide bonds. The maximum atomic E-state index is 11.5. The summed E-state index contributed by atoms with van der Waals surface area (Å²) >= 11 is 0. The summed E-state index contributed by atoms with van der Waals surface area (Å²) in [4.78, 5) is 21.5. The van der Waals surface area contributed by atoms with Crippen molar-refractivity contribution in [1.29, 1.82) is 0 Å². The van der Waals surface area contributed by atoms with Crippen molar-refractivity contribution >= 4 is 17.9 Å². The number of nitrogens with one attached hydrogen (secondary N) is 1. The van der Waals surface area contributed by atoms with E-state index in [4.69, 9.17) is 4.74 Å². The monoisotopic (exact) mass is 206 g/mol. The van der Waals surface area contributed by atoms with Crippen molar-refractivity contribution in [3.63, 3.8) is 0 Å². The van der Waals surface area contributed by atoms with Crippen LogP contribution in [0.4, 0.5) is 5.69 Å². The molecule has 1 aromatic carbocycles. The topological polar surface area (TPSA) is 55.4 Å². The van der Waals surface area contributed by atoms with E-state index in [1.165, 1.54) is 0 Å². The predicted molar refractivity (Wildman–Crippen MR) is 56.6 cm³/mol. The predicted octanol–water partition coefficient (Wildman–Crippen LogP) is 1.38. The van der Waals surface area contributed by atoms with Gasteiger partial charge in [-0.3, -0.25) is 4.79 Å². The lowest BCUT2D eigenvalue weighted by atomic mass is 10.2. The van der Waals surface area contributed by atoms with E-state index in [-0.39, 0.29) is 6.54 Å². The van der Waals surface area contributed by atoms with E-state index in [1.807, 2.05) is 0 Å². The summed E-state index contributed by atoms with van der Waals surface area (Å²) in [5.41, 5.74) is 1.01. The maximum absolute atomic E-state index is 11.5. The summed E-state index contributed by atoms with van der Waals surface area (Å²) in [5.74, 6) is -0.397. The summed E-state index contributed by atoms with van der Waals surface area (Å²) < 4.78 is 4.87.